The fourth-order valence-electron chi connectivity index (χ4n) is 5.09. The molecule has 4 heterocycles. The number of carbonyl (C=O) groups is 1. The highest BCUT2D eigenvalue weighted by atomic mass is 16.5. The minimum Gasteiger partial charge on any atom is -0.457 e. The molecule has 0 spiro atoms. The summed E-state index contributed by atoms with van der Waals surface area (Å²) in [5.74, 6) is 2.82. The van der Waals surface area contributed by atoms with Crippen LogP contribution < -0.4 is 31.0 Å². The van der Waals surface area contributed by atoms with Gasteiger partial charge < -0.3 is 16.2 Å². The maximum atomic E-state index is 13.3. The minimum atomic E-state index is -0.154. The number of aromatic nitrogens is 2. The number of H-pyrrole nitrogens is 1. The average molecular weight is 479 g/mol. The molecule has 1 amide bonds. The third-order valence-electron chi connectivity index (χ3n) is 6.71. The smallest absolute Gasteiger partial charge is 0.240 e. The van der Waals surface area contributed by atoms with Gasteiger partial charge in [-0.3, -0.25) is 14.6 Å². The highest BCUT2D eigenvalue weighted by molar-refractivity contribution is 6.15. The van der Waals surface area contributed by atoms with E-state index in [4.69, 9.17) is 16.2 Å². The number of carbonyl (C=O) groups excluding carboxylic acids is 1. The molecular formula is C27H24N7O2+. The molecule has 2 aliphatic rings. The lowest BCUT2D eigenvalue weighted by Gasteiger charge is -2.19. The largest absolute Gasteiger partial charge is 0.457 e. The number of hydrogen-bond donors (Lipinski definition) is 2. The van der Waals surface area contributed by atoms with Crippen LogP contribution in [0.25, 0.3) is 10.8 Å². The predicted molar refractivity (Wildman–Crippen MR) is 137 cm³/mol. The molecule has 5 N–H and O–H groups in total. The van der Waals surface area contributed by atoms with Crippen LogP contribution in [-0.4, -0.2) is 24.0 Å². The summed E-state index contributed by atoms with van der Waals surface area (Å²) in [4.78, 5) is 24.7. The molecule has 9 heteroatoms. The molecule has 0 bridgehead atoms. The lowest BCUT2D eigenvalue weighted by atomic mass is 10.0. The number of nitrogens with one attached hydrogen (secondary N) is 1. The molecule has 36 heavy (non-hydrogen) atoms. The molecule has 9 nitrogen and oxygen atoms in total. The Hall–Kier alpha value is -4.84. The Kier molecular flexibility index (Phi) is 5.08. The Balaban J connectivity index is 1.46. The van der Waals surface area contributed by atoms with Crippen molar-refractivity contribution in [1.29, 1.82) is 5.26 Å². The van der Waals surface area contributed by atoms with Crippen LogP contribution >= 0.6 is 0 Å². The summed E-state index contributed by atoms with van der Waals surface area (Å²) in [6.07, 6.45) is 2.19. The van der Waals surface area contributed by atoms with Crippen molar-refractivity contribution >= 4 is 45.6 Å². The van der Waals surface area contributed by atoms with E-state index in [-0.39, 0.29) is 18.1 Å². The molecule has 6 rings (SSSR count). The summed E-state index contributed by atoms with van der Waals surface area (Å²) in [5, 5.41) is 11.3. The van der Waals surface area contributed by atoms with E-state index in [2.05, 4.69) is 20.9 Å². The van der Waals surface area contributed by atoms with Gasteiger partial charge in [0.05, 0.1) is 30.6 Å². The Bertz CT molecular complexity index is 1540. The number of fused-ring (bicyclic) bond motifs is 3. The Morgan fingerprint density at radius 2 is 1.67 bits per heavy atom. The number of hydrogen-bond acceptors (Lipinski definition) is 7. The van der Waals surface area contributed by atoms with Gasteiger partial charge in [-0.2, -0.15) is 5.26 Å². The van der Waals surface area contributed by atoms with Gasteiger partial charge in [-0.1, -0.05) is 18.2 Å². The van der Waals surface area contributed by atoms with E-state index in [1.54, 1.807) is 29.2 Å². The van der Waals surface area contributed by atoms with Crippen molar-refractivity contribution in [2.75, 3.05) is 34.4 Å². The van der Waals surface area contributed by atoms with Gasteiger partial charge in [-0.15, -0.1) is 0 Å². The summed E-state index contributed by atoms with van der Waals surface area (Å²) < 4.78 is 5.88. The molecule has 1 saturated heterocycles. The molecule has 2 aromatic heterocycles. The molecule has 0 unspecified atom stereocenters. The molecule has 0 aliphatic carbocycles. The van der Waals surface area contributed by atoms with Crippen LogP contribution in [0.4, 0.5) is 29.0 Å². The van der Waals surface area contributed by atoms with E-state index in [0.717, 1.165) is 31.7 Å². The zero-order chi connectivity index (χ0) is 24.8. The molecule has 4 aromatic rings. The summed E-state index contributed by atoms with van der Waals surface area (Å²) in [6, 6.07) is 19.0. The Labute approximate surface area is 207 Å². The maximum absolute atomic E-state index is 13.3. The summed E-state index contributed by atoms with van der Waals surface area (Å²) >= 11 is 0. The number of nitriles is 1. The van der Waals surface area contributed by atoms with Crippen LogP contribution in [0.3, 0.4) is 0 Å². The lowest BCUT2D eigenvalue weighted by Crippen LogP contribution is -2.29. The molecular weight excluding hydrogens is 454 g/mol. The van der Waals surface area contributed by atoms with E-state index >= 15 is 0 Å². The van der Waals surface area contributed by atoms with Crippen molar-refractivity contribution in [2.24, 2.45) is 0 Å². The normalized spacial score (nSPS) is 14.8. The second kappa shape index (κ2) is 8.43. The fraction of sp³-hybridized carbons (Fsp3) is 0.185. The third kappa shape index (κ3) is 3.43. The zero-order valence-electron chi connectivity index (χ0n) is 19.5. The van der Waals surface area contributed by atoms with E-state index in [0.29, 0.717) is 50.8 Å². The van der Waals surface area contributed by atoms with Crippen molar-refractivity contribution in [3.63, 3.8) is 0 Å². The number of aromatic amines is 1. The number of nitrogens with two attached hydrogens (primary N) is 2. The second-order valence-electron chi connectivity index (χ2n) is 8.93. The number of amides is 1. The molecule has 2 aromatic carbocycles. The zero-order valence-corrected chi connectivity index (χ0v) is 19.5. The van der Waals surface area contributed by atoms with Crippen LogP contribution in [0.2, 0.25) is 0 Å². The van der Waals surface area contributed by atoms with Crippen LogP contribution in [0.1, 0.15) is 24.0 Å². The second-order valence-corrected chi connectivity index (χ2v) is 8.93. The first-order chi connectivity index (χ1) is 17.5. The van der Waals surface area contributed by atoms with Crippen molar-refractivity contribution in [3.05, 3.63) is 65.7 Å². The van der Waals surface area contributed by atoms with Crippen molar-refractivity contribution in [2.45, 2.75) is 19.3 Å². The van der Waals surface area contributed by atoms with Gasteiger partial charge >= 0.3 is 0 Å². The van der Waals surface area contributed by atoms with E-state index in [1.165, 1.54) is 0 Å². The highest BCUT2D eigenvalue weighted by Gasteiger charge is 2.36. The standard InChI is InChI=1S/C27H23N7O2/c28-15-20-22-19-14-21(35)34(16-8-10-18(11-9-16)36-17-6-2-1-3-7-17)27(19)32-25(30)23(22)24(29)31-26(20)33-12-4-5-13-33/h1-3,6-11H,4-5,12-14H2,(H2,29,31)(H2,30,32)/p+1. The van der Waals surface area contributed by atoms with Gasteiger partial charge in [-0.05, 0) is 49.2 Å². The number of benzene rings is 2. The molecule has 1 fully saturated rings. The summed E-state index contributed by atoms with van der Waals surface area (Å²) in [7, 11) is 0. The summed E-state index contributed by atoms with van der Waals surface area (Å²) in [5.41, 5.74) is 14.5. The van der Waals surface area contributed by atoms with Gasteiger partial charge in [0.2, 0.25) is 17.5 Å². The molecule has 0 radical (unpaired) electrons. The topological polar surface area (TPSA) is 136 Å². The van der Waals surface area contributed by atoms with Crippen molar-refractivity contribution in [1.82, 2.24) is 4.98 Å². The number of rotatable bonds is 4. The lowest BCUT2D eigenvalue weighted by molar-refractivity contribution is -0.344. The highest BCUT2D eigenvalue weighted by Crippen LogP contribution is 2.43. The SMILES string of the molecule is N#Cc1c(N2CCCC2)[nH+]c(N)c2c(N)nc3c(c12)CC(=O)N3c1ccc(Oc2ccccc2)cc1. The minimum absolute atomic E-state index is 0.0962. The van der Waals surface area contributed by atoms with Crippen molar-refractivity contribution < 1.29 is 14.5 Å². The first-order valence-electron chi connectivity index (χ1n) is 11.8. The van der Waals surface area contributed by atoms with Crippen LogP contribution in [0, 0.1) is 11.3 Å². The van der Waals surface area contributed by atoms with Gasteiger partial charge in [0, 0.05) is 10.9 Å². The quantitative estimate of drug-likeness (QED) is 0.456. The van der Waals surface area contributed by atoms with Crippen molar-refractivity contribution in [3.8, 4) is 17.6 Å². The first kappa shape index (κ1) is 21.7. The number of ether oxygens (including phenoxy) is 1. The van der Waals surface area contributed by atoms with E-state index < -0.39 is 0 Å². The van der Waals surface area contributed by atoms with Crippen LogP contribution in [-0.2, 0) is 11.2 Å². The number of nitrogens with zero attached hydrogens (tertiary/aromatic N) is 4. The molecule has 0 saturated carbocycles. The fourth-order valence-corrected chi connectivity index (χ4v) is 5.09. The van der Waals surface area contributed by atoms with Crippen LogP contribution in [0.5, 0.6) is 11.5 Å². The van der Waals surface area contributed by atoms with Gasteiger partial charge in [0.15, 0.2) is 0 Å². The van der Waals surface area contributed by atoms with E-state index in [9.17, 15) is 10.1 Å². The van der Waals surface area contributed by atoms with Gasteiger partial charge in [0.25, 0.3) is 0 Å². The third-order valence-corrected chi connectivity index (χ3v) is 6.71. The Morgan fingerprint density at radius 1 is 0.972 bits per heavy atom. The monoisotopic (exact) mass is 478 g/mol. The molecule has 2 aliphatic heterocycles. The number of para-hydroxylation sites is 1. The van der Waals surface area contributed by atoms with Gasteiger partial charge in [-0.25, -0.2) is 9.97 Å². The van der Waals surface area contributed by atoms with Gasteiger partial charge in [0.1, 0.15) is 34.8 Å². The molecule has 0 atom stereocenters. The predicted octanol–water partition coefficient (Wildman–Crippen LogP) is 3.70. The Morgan fingerprint density at radius 3 is 2.36 bits per heavy atom. The molecule has 178 valence electrons. The number of nitrogen functional groups attached to an aromatic ring is 2. The summed E-state index contributed by atoms with van der Waals surface area (Å²) in [6.45, 7) is 1.67. The first-order valence-corrected chi connectivity index (χ1v) is 11.8. The average Bonchev–Trinajstić information content (AvgIpc) is 3.53. The number of pyridine rings is 2. The maximum Gasteiger partial charge on any atom is 0.240 e. The number of anilines is 5. The van der Waals surface area contributed by atoms with E-state index in [1.807, 2.05) is 30.3 Å². The van der Waals surface area contributed by atoms with Crippen LogP contribution in [0.15, 0.2) is 54.6 Å².